The quantitative estimate of drug-likeness (QED) is 0.363. The normalized spacial score (nSPS) is 13.5. The number of hydrogen-bond acceptors (Lipinski definition) is 5. The molecule has 0 bridgehead atoms. The van der Waals surface area contributed by atoms with Gasteiger partial charge in [0.1, 0.15) is 11.6 Å². The first kappa shape index (κ1) is 22.8. The van der Waals surface area contributed by atoms with Gasteiger partial charge in [0, 0.05) is 44.0 Å². The van der Waals surface area contributed by atoms with Gasteiger partial charge in [-0.3, -0.25) is 0 Å². The lowest BCUT2D eigenvalue weighted by Gasteiger charge is -2.38. The molecule has 0 radical (unpaired) electrons. The van der Waals surface area contributed by atoms with Crippen LogP contribution in [-0.4, -0.2) is 38.3 Å². The first-order valence-corrected chi connectivity index (χ1v) is 12.2. The number of nitrogens with one attached hydrogen (secondary N) is 1. The molecule has 35 heavy (non-hydrogen) atoms. The molecule has 0 unspecified atom stereocenters. The Hall–Kier alpha value is -3.99. The van der Waals surface area contributed by atoms with E-state index in [0.717, 1.165) is 55.5 Å². The Morgan fingerprint density at radius 3 is 2.14 bits per heavy atom. The third-order valence-corrected chi connectivity index (χ3v) is 6.57. The summed E-state index contributed by atoms with van der Waals surface area (Å²) in [6, 6.07) is 31.8. The Balaban J connectivity index is 1.36. The lowest BCUT2D eigenvalue weighted by atomic mass is 10.1. The topological polar surface area (TPSA) is 40.6 Å². The minimum Gasteiger partial charge on any atom is -0.497 e. The highest BCUT2D eigenvalue weighted by Crippen LogP contribution is 2.32. The zero-order valence-corrected chi connectivity index (χ0v) is 20.4. The van der Waals surface area contributed by atoms with Gasteiger partial charge in [-0.05, 0) is 48.9 Å². The van der Waals surface area contributed by atoms with Gasteiger partial charge in [-0.2, -0.15) is 0 Å². The molecule has 3 aromatic carbocycles. The van der Waals surface area contributed by atoms with Crippen LogP contribution >= 0.6 is 0 Å². The zero-order chi connectivity index (χ0) is 24.0. The molecule has 4 aromatic rings. The number of methoxy groups -OCH3 is 1. The highest BCUT2D eigenvalue weighted by atomic mass is 16.5. The van der Waals surface area contributed by atoms with Gasteiger partial charge >= 0.3 is 0 Å². The van der Waals surface area contributed by atoms with Gasteiger partial charge in [0.15, 0.2) is 0 Å². The smallest absolute Gasteiger partial charge is 0.127 e. The van der Waals surface area contributed by atoms with Crippen LogP contribution in [0, 0.1) is 6.92 Å². The Morgan fingerprint density at radius 2 is 1.46 bits per heavy atom. The van der Waals surface area contributed by atoms with E-state index in [1.54, 1.807) is 7.11 Å². The summed E-state index contributed by atoms with van der Waals surface area (Å²) in [5.41, 5.74) is 7.09. The average molecular weight is 465 g/mol. The molecule has 1 aliphatic rings. The molecule has 5 rings (SSSR count). The van der Waals surface area contributed by atoms with Crippen LogP contribution in [0.3, 0.4) is 0 Å². The van der Waals surface area contributed by atoms with Crippen LogP contribution in [0.15, 0.2) is 91.0 Å². The minimum absolute atomic E-state index is 0.751. The summed E-state index contributed by atoms with van der Waals surface area (Å²) in [5, 5.41) is 3.50. The van der Waals surface area contributed by atoms with Gasteiger partial charge in [-0.1, -0.05) is 60.2 Å². The van der Waals surface area contributed by atoms with E-state index in [1.165, 1.54) is 22.5 Å². The Kier molecular flexibility index (Phi) is 6.85. The fourth-order valence-electron chi connectivity index (χ4n) is 4.52. The highest BCUT2D eigenvalue weighted by Gasteiger charge is 2.21. The lowest BCUT2D eigenvalue weighted by Crippen LogP contribution is -2.46. The number of aromatic nitrogens is 1. The molecule has 0 aliphatic carbocycles. The molecule has 5 nitrogen and oxygen atoms in total. The highest BCUT2D eigenvalue weighted by molar-refractivity contribution is 5.77. The molecular formula is C30H32N4O. The Bertz CT molecular complexity index is 1230. The maximum atomic E-state index is 5.31. The fourth-order valence-corrected chi connectivity index (χ4v) is 4.52. The van der Waals surface area contributed by atoms with Crippen molar-refractivity contribution in [1.29, 1.82) is 0 Å². The van der Waals surface area contributed by atoms with Gasteiger partial charge in [0.05, 0.1) is 18.5 Å². The fraction of sp³-hybridized carbons (Fsp3) is 0.233. The Labute approximate surface area is 208 Å². The molecule has 2 heterocycles. The van der Waals surface area contributed by atoms with Crippen LogP contribution in [0.1, 0.15) is 11.1 Å². The summed E-state index contributed by atoms with van der Waals surface area (Å²) in [6.07, 6.45) is 0. The van der Waals surface area contributed by atoms with Crippen molar-refractivity contribution in [3.63, 3.8) is 0 Å². The standard InChI is InChI=1S/C30H32N4O/c1-23-8-10-25(11-9-23)30-28(16-17-29(32-30)31-22-24-6-4-3-5-7-24)34-20-18-33(19-21-34)26-12-14-27(35-2)15-13-26/h3-17H,18-22H2,1-2H3,(H,31,32). The summed E-state index contributed by atoms with van der Waals surface area (Å²) >= 11 is 0. The van der Waals surface area contributed by atoms with Crippen molar-refractivity contribution in [3.05, 3.63) is 102 Å². The van der Waals surface area contributed by atoms with Crippen molar-refractivity contribution >= 4 is 17.2 Å². The molecule has 0 amide bonds. The van der Waals surface area contributed by atoms with Gasteiger partial charge in [-0.15, -0.1) is 0 Å². The molecule has 1 fully saturated rings. The van der Waals surface area contributed by atoms with Crippen molar-refractivity contribution in [2.24, 2.45) is 0 Å². The molecule has 1 aromatic heterocycles. The number of anilines is 3. The van der Waals surface area contributed by atoms with Crippen molar-refractivity contribution in [3.8, 4) is 17.0 Å². The molecule has 5 heteroatoms. The number of rotatable bonds is 7. The van der Waals surface area contributed by atoms with Gasteiger partial charge in [-0.25, -0.2) is 4.98 Å². The lowest BCUT2D eigenvalue weighted by molar-refractivity contribution is 0.415. The largest absolute Gasteiger partial charge is 0.497 e. The van der Waals surface area contributed by atoms with E-state index in [0.29, 0.717) is 0 Å². The van der Waals surface area contributed by atoms with Crippen molar-refractivity contribution in [2.45, 2.75) is 13.5 Å². The SMILES string of the molecule is COc1ccc(N2CCN(c3ccc(NCc4ccccc4)nc3-c3ccc(C)cc3)CC2)cc1. The summed E-state index contributed by atoms with van der Waals surface area (Å²) < 4.78 is 5.31. The van der Waals surface area contributed by atoms with Crippen molar-refractivity contribution in [1.82, 2.24) is 4.98 Å². The second kappa shape index (κ2) is 10.5. The first-order chi connectivity index (χ1) is 17.2. The summed E-state index contributed by atoms with van der Waals surface area (Å²) in [6.45, 7) is 6.70. The van der Waals surface area contributed by atoms with E-state index in [-0.39, 0.29) is 0 Å². The number of piperazine rings is 1. The molecule has 0 atom stereocenters. The molecule has 178 valence electrons. The van der Waals surface area contributed by atoms with Crippen molar-refractivity contribution < 1.29 is 4.74 Å². The van der Waals surface area contributed by atoms with E-state index < -0.39 is 0 Å². The second-order valence-electron chi connectivity index (χ2n) is 8.94. The van der Waals surface area contributed by atoms with E-state index in [4.69, 9.17) is 9.72 Å². The number of benzene rings is 3. The van der Waals surface area contributed by atoms with Gasteiger partial charge < -0.3 is 19.9 Å². The molecule has 1 saturated heterocycles. The van der Waals surface area contributed by atoms with Gasteiger partial charge in [0.2, 0.25) is 0 Å². The van der Waals surface area contributed by atoms with Crippen LogP contribution in [0.25, 0.3) is 11.3 Å². The maximum absolute atomic E-state index is 5.31. The predicted molar refractivity (Wildman–Crippen MR) is 146 cm³/mol. The number of nitrogens with zero attached hydrogens (tertiary/aromatic N) is 3. The van der Waals surface area contributed by atoms with Crippen LogP contribution in [-0.2, 0) is 6.54 Å². The summed E-state index contributed by atoms with van der Waals surface area (Å²) in [5.74, 6) is 1.78. The zero-order valence-electron chi connectivity index (χ0n) is 20.4. The second-order valence-corrected chi connectivity index (χ2v) is 8.94. The van der Waals surface area contributed by atoms with Crippen LogP contribution < -0.4 is 19.9 Å². The number of pyridine rings is 1. The molecule has 0 saturated carbocycles. The van der Waals surface area contributed by atoms with Crippen LogP contribution in [0.5, 0.6) is 5.75 Å². The Morgan fingerprint density at radius 1 is 0.771 bits per heavy atom. The number of ether oxygens (including phenoxy) is 1. The molecule has 1 aliphatic heterocycles. The van der Waals surface area contributed by atoms with Gasteiger partial charge in [0.25, 0.3) is 0 Å². The minimum atomic E-state index is 0.751. The molecular weight excluding hydrogens is 432 g/mol. The number of hydrogen-bond donors (Lipinski definition) is 1. The van der Waals surface area contributed by atoms with Crippen LogP contribution in [0.2, 0.25) is 0 Å². The summed E-state index contributed by atoms with van der Waals surface area (Å²) in [4.78, 5) is 9.98. The number of aryl methyl sites for hydroxylation is 1. The third-order valence-electron chi connectivity index (χ3n) is 6.57. The molecule has 0 spiro atoms. The predicted octanol–water partition coefficient (Wildman–Crippen LogP) is 6.00. The first-order valence-electron chi connectivity index (χ1n) is 12.2. The molecule has 1 N–H and O–H groups in total. The van der Waals surface area contributed by atoms with E-state index in [1.807, 2.05) is 18.2 Å². The monoisotopic (exact) mass is 464 g/mol. The third kappa shape index (κ3) is 5.40. The van der Waals surface area contributed by atoms with E-state index in [2.05, 4.69) is 94.8 Å². The van der Waals surface area contributed by atoms with Crippen molar-refractivity contribution in [2.75, 3.05) is 48.4 Å². The van der Waals surface area contributed by atoms with E-state index >= 15 is 0 Å². The maximum Gasteiger partial charge on any atom is 0.127 e. The van der Waals surface area contributed by atoms with Crippen LogP contribution in [0.4, 0.5) is 17.2 Å². The summed E-state index contributed by atoms with van der Waals surface area (Å²) in [7, 11) is 1.70. The van der Waals surface area contributed by atoms with E-state index in [9.17, 15) is 0 Å². The average Bonchev–Trinajstić information content (AvgIpc) is 2.93.